The maximum atomic E-state index is 4.55. The van der Waals surface area contributed by atoms with E-state index in [1.54, 1.807) is 6.33 Å². The monoisotopic (exact) mass is 355 g/mol. The molecule has 0 spiro atoms. The molecule has 0 bridgehead atoms. The highest BCUT2D eigenvalue weighted by atomic mass is 32.1. The molecule has 8 heteroatoms. The van der Waals surface area contributed by atoms with Crippen LogP contribution in [0.15, 0.2) is 18.6 Å². The zero-order valence-corrected chi connectivity index (χ0v) is 15.2. The van der Waals surface area contributed by atoms with Crippen LogP contribution in [0.1, 0.15) is 18.7 Å². The van der Waals surface area contributed by atoms with Crippen LogP contribution < -0.4 is 9.80 Å². The molecular formula is C17H21N7S. The second-order valence-electron chi connectivity index (χ2n) is 7.22. The molecule has 3 atom stereocenters. The first-order valence-electron chi connectivity index (χ1n) is 8.75. The number of nitrogens with one attached hydrogen (secondary N) is 1. The Labute approximate surface area is 150 Å². The van der Waals surface area contributed by atoms with Crippen molar-refractivity contribution in [2.75, 3.05) is 29.9 Å². The van der Waals surface area contributed by atoms with Crippen LogP contribution in [0, 0.1) is 18.8 Å². The molecule has 25 heavy (non-hydrogen) atoms. The van der Waals surface area contributed by atoms with Crippen LogP contribution in [0.3, 0.4) is 0 Å². The molecule has 2 aliphatic rings. The Kier molecular flexibility index (Phi) is 3.41. The number of anilines is 2. The first-order valence-corrected chi connectivity index (χ1v) is 9.52. The van der Waals surface area contributed by atoms with E-state index in [0.29, 0.717) is 6.04 Å². The molecular weight excluding hydrogens is 334 g/mol. The SMILES string of the molecule is Cc1nsc(N2C[C@H]3C[C@@H](N(C)c4ncnc5[nH]ccc45)C[C@H]3C2)n1. The zero-order chi connectivity index (χ0) is 17.0. The van der Waals surface area contributed by atoms with E-state index in [-0.39, 0.29) is 0 Å². The molecule has 1 saturated carbocycles. The molecule has 5 rings (SSSR count). The van der Waals surface area contributed by atoms with Crippen LogP contribution >= 0.6 is 11.5 Å². The van der Waals surface area contributed by atoms with Gasteiger partial charge in [0.1, 0.15) is 23.6 Å². The fraction of sp³-hybridized carbons (Fsp3) is 0.529. The highest BCUT2D eigenvalue weighted by Crippen LogP contribution is 2.42. The molecule has 3 aromatic heterocycles. The quantitative estimate of drug-likeness (QED) is 0.778. The summed E-state index contributed by atoms with van der Waals surface area (Å²) in [5, 5.41) is 2.19. The zero-order valence-electron chi connectivity index (χ0n) is 14.4. The fourth-order valence-corrected chi connectivity index (χ4v) is 5.16. The van der Waals surface area contributed by atoms with Gasteiger partial charge in [-0.15, -0.1) is 0 Å². The summed E-state index contributed by atoms with van der Waals surface area (Å²) in [4.78, 5) is 21.4. The number of aromatic nitrogens is 5. The Morgan fingerprint density at radius 1 is 1.24 bits per heavy atom. The number of fused-ring (bicyclic) bond motifs is 2. The fourth-order valence-electron chi connectivity index (χ4n) is 4.47. The smallest absolute Gasteiger partial charge is 0.205 e. The normalized spacial score (nSPS) is 25.7. The second kappa shape index (κ2) is 5.66. The Balaban J connectivity index is 1.32. The molecule has 7 nitrogen and oxygen atoms in total. The molecule has 3 aromatic rings. The van der Waals surface area contributed by atoms with Gasteiger partial charge in [0.05, 0.1) is 5.39 Å². The minimum atomic E-state index is 0.543. The third kappa shape index (κ3) is 2.47. The summed E-state index contributed by atoms with van der Waals surface area (Å²) in [6.45, 7) is 4.17. The first-order chi connectivity index (χ1) is 12.2. The van der Waals surface area contributed by atoms with Crippen molar-refractivity contribution in [2.24, 2.45) is 11.8 Å². The van der Waals surface area contributed by atoms with Crippen LogP contribution in [-0.2, 0) is 0 Å². The van der Waals surface area contributed by atoms with Gasteiger partial charge in [-0.3, -0.25) is 0 Å². The third-order valence-electron chi connectivity index (χ3n) is 5.73. The summed E-state index contributed by atoms with van der Waals surface area (Å²) in [6.07, 6.45) is 6.01. The summed E-state index contributed by atoms with van der Waals surface area (Å²) in [7, 11) is 2.17. The van der Waals surface area contributed by atoms with Crippen LogP contribution in [0.5, 0.6) is 0 Å². The van der Waals surface area contributed by atoms with Crippen molar-refractivity contribution in [1.82, 2.24) is 24.3 Å². The van der Waals surface area contributed by atoms with Gasteiger partial charge >= 0.3 is 0 Å². The molecule has 0 unspecified atom stereocenters. The van der Waals surface area contributed by atoms with Crippen LogP contribution in [0.2, 0.25) is 0 Å². The summed E-state index contributed by atoms with van der Waals surface area (Å²) >= 11 is 1.53. The standard InChI is InChI=1S/C17H21N7S/c1-10-21-17(25-22-10)24-7-11-5-13(6-12(11)8-24)23(2)16-14-3-4-18-15(14)19-9-20-16/h3-4,9,11-13H,5-8H2,1-2H3,(H,18,19,20)/t11-,12+,13-. The van der Waals surface area contributed by atoms with E-state index in [0.717, 1.165) is 52.7 Å². The van der Waals surface area contributed by atoms with Gasteiger partial charge in [-0.2, -0.15) is 4.37 Å². The van der Waals surface area contributed by atoms with E-state index in [1.807, 2.05) is 13.1 Å². The Morgan fingerprint density at radius 3 is 2.76 bits per heavy atom. The van der Waals surface area contributed by atoms with Gasteiger partial charge in [0.2, 0.25) is 5.13 Å². The van der Waals surface area contributed by atoms with E-state index in [1.165, 1.54) is 24.4 Å². The summed E-state index contributed by atoms with van der Waals surface area (Å²) in [5.74, 6) is 3.39. The third-order valence-corrected chi connectivity index (χ3v) is 6.60. The van der Waals surface area contributed by atoms with Gasteiger partial charge in [0, 0.05) is 43.9 Å². The molecule has 130 valence electrons. The van der Waals surface area contributed by atoms with Crippen LogP contribution in [0.25, 0.3) is 11.0 Å². The lowest BCUT2D eigenvalue weighted by atomic mass is 10.0. The molecule has 1 saturated heterocycles. The molecule has 1 aliphatic heterocycles. The first kappa shape index (κ1) is 15.1. The van der Waals surface area contributed by atoms with Crippen molar-refractivity contribution in [2.45, 2.75) is 25.8 Å². The topological polar surface area (TPSA) is 73.8 Å². The van der Waals surface area contributed by atoms with E-state index in [4.69, 9.17) is 0 Å². The molecule has 0 amide bonds. The molecule has 1 N–H and O–H groups in total. The predicted molar refractivity (Wildman–Crippen MR) is 99.2 cm³/mol. The predicted octanol–water partition coefficient (Wildman–Crippen LogP) is 2.47. The van der Waals surface area contributed by atoms with Gasteiger partial charge in [0.15, 0.2) is 0 Å². The highest BCUT2D eigenvalue weighted by molar-refractivity contribution is 7.09. The molecule has 0 aromatic carbocycles. The number of hydrogen-bond acceptors (Lipinski definition) is 7. The number of H-pyrrole nitrogens is 1. The average molecular weight is 355 g/mol. The number of aromatic amines is 1. The molecule has 1 aliphatic carbocycles. The lowest BCUT2D eigenvalue weighted by molar-refractivity contribution is 0.494. The number of aryl methyl sites for hydroxylation is 1. The number of hydrogen-bond donors (Lipinski definition) is 1. The van der Waals surface area contributed by atoms with Crippen molar-refractivity contribution in [3.8, 4) is 0 Å². The summed E-state index contributed by atoms with van der Waals surface area (Å²) < 4.78 is 4.33. The largest absolute Gasteiger partial charge is 0.356 e. The van der Waals surface area contributed by atoms with Crippen LogP contribution in [0.4, 0.5) is 10.9 Å². The van der Waals surface area contributed by atoms with Crippen molar-refractivity contribution in [1.29, 1.82) is 0 Å². The molecule has 2 fully saturated rings. The average Bonchev–Trinajstić information content (AvgIpc) is 3.35. The Hall–Kier alpha value is -2.22. The number of rotatable bonds is 3. The minimum Gasteiger partial charge on any atom is -0.356 e. The Bertz CT molecular complexity index is 889. The molecule has 4 heterocycles. The van der Waals surface area contributed by atoms with Crippen molar-refractivity contribution in [3.63, 3.8) is 0 Å². The lowest BCUT2D eigenvalue weighted by Crippen LogP contribution is -2.32. The van der Waals surface area contributed by atoms with Gasteiger partial charge in [-0.1, -0.05) is 0 Å². The second-order valence-corrected chi connectivity index (χ2v) is 7.95. The van der Waals surface area contributed by atoms with Crippen LogP contribution in [-0.4, -0.2) is 50.5 Å². The van der Waals surface area contributed by atoms with Crippen molar-refractivity contribution < 1.29 is 0 Å². The van der Waals surface area contributed by atoms with E-state index in [9.17, 15) is 0 Å². The van der Waals surface area contributed by atoms with Gasteiger partial charge in [-0.05, 0) is 37.7 Å². The lowest BCUT2D eigenvalue weighted by Gasteiger charge is -2.27. The van der Waals surface area contributed by atoms with E-state index in [2.05, 4.69) is 47.2 Å². The summed E-state index contributed by atoms with van der Waals surface area (Å²) in [6, 6.07) is 2.61. The van der Waals surface area contributed by atoms with Gasteiger partial charge in [-0.25, -0.2) is 15.0 Å². The highest BCUT2D eigenvalue weighted by Gasteiger charge is 2.43. The van der Waals surface area contributed by atoms with E-state index < -0.39 is 0 Å². The molecule has 0 radical (unpaired) electrons. The van der Waals surface area contributed by atoms with Gasteiger partial charge in [0.25, 0.3) is 0 Å². The maximum Gasteiger partial charge on any atom is 0.205 e. The van der Waals surface area contributed by atoms with Crippen molar-refractivity contribution >= 4 is 33.5 Å². The van der Waals surface area contributed by atoms with E-state index >= 15 is 0 Å². The van der Waals surface area contributed by atoms with Crippen molar-refractivity contribution in [3.05, 3.63) is 24.4 Å². The maximum absolute atomic E-state index is 4.55. The minimum absolute atomic E-state index is 0.543. The van der Waals surface area contributed by atoms with Gasteiger partial charge < -0.3 is 14.8 Å². The Morgan fingerprint density at radius 2 is 2.04 bits per heavy atom. The number of nitrogens with zero attached hydrogens (tertiary/aromatic N) is 6. The summed E-state index contributed by atoms with van der Waals surface area (Å²) in [5.41, 5.74) is 0.910.